The van der Waals surface area contributed by atoms with Crippen LogP contribution in [0.3, 0.4) is 0 Å². The van der Waals surface area contributed by atoms with E-state index in [9.17, 15) is 0 Å². The zero-order valence-electron chi connectivity index (χ0n) is 14.0. The van der Waals surface area contributed by atoms with E-state index >= 15 is 0 Å². The van der Waals surface area contributed by atoms with Crippen LogP contribution in [0.25, 0.3) is 0 Å². The van der Waals surface area contributed by atoms with Crippen LogP contribution in [0.4, 0.5) is 0 Å². The molecule has 1 aromatic rings. The molecule has 5 heteroatoms. The molecule has 0 aliphatic carbocycles. The molecular weight excluding hydrogens is 290 g/mol. The third-order valence-corrected chi connectivity index (χ3v) is 4.68. The van der Waals surface area contributed by atoms with Crippen LogP contribution in [0.5, 0.6) is 5.75 Å². The van der Waals surface area contributed by atoms with Crippen molar-refractivity contribution >= 4 is 0 Å². The molecule has 1 aromatic carbocycles. The van der Waals surface area contributed by atoms with E-state index in [2.05, 4.69) is 34.1 Å². The molecular formula is C18H29N3O2. The Hall–Kier alpha value is -1.14. The topological polar surface area (TPSA) is 51.0 Å². The Balaban J connectivity index is 1.50. The molecule has 2 fully saturated rings. The minimum absolute atomic E-state index is 0.318. The second kappa shape index (κ2) is 8.64. The minimum atomic E-state index is 0.318. The van der Waals surface area contributed by atoms with E-state index in [4.69, 9.17) is 15.2 Å². The lowest BCUT2D eigenvalue weighted by molar-refractivity contribution is 0.0321. The lowest BCUT2D eigenvalue weighted by atomic mass is 10.1. The summed E-state index contributed by atoms with van der Waals surface area (Å²) in [5, 5.41) is 0. The van der Waals surface area contributed by atoms with Gasteiger partial charge in [0.1, 0.15) is 12.4 Å². The highest BCUT2D eigenvalue weighted by Gasteiger charge is 2.18. The number of benzene rings is 1. The molecule has 128 valence electrons. The Morgan fingerprint density at radius 2 is 1.96 bits per heavy atom. The average molecular weight is 319 g/mol. The van der Waals surface area contributed by atoms with Gasteiger partial charge in [-0.15, -0.1) is 0 Å². The normalized spacial score (nSPS) is 23.8. The number of nitrogens with two attached hydrogens (primary N) is 1. The van der Waals surface area contributed by atoms with Gasteiger partial charge in [0.2, 0.25) is 0 Å². The summed E-state index contributed by atoms with van der Waals surface area (Å²) >= 11 is 0. The van der Waals surface area contributed by atoms with Crippen LogP contribution in [-0.4, -0.2) is 68.4 Å². The molecule has 2 aliphatic heterocycles. The van der Waals surface area contributed by atoms with E-state index in [-0.39, 0.29) is 0 Å². The van der Waals surface area contributed by atoms with Gasteiger partial charge in [-0.05, 0) is 25.5 Å². The van der Waals surface area contributed by atoms with Crippen LogP contribution < -0.4 is 10.5 Å². The molecule has 0 amide bonds. The van der Waals surface area contributed by atoms with Crippen molar-refractivity contribution in [2.75, 3.05) is 52.5 Å². The van der Waals surface area contributed by atoms with Crippen molar-refractivity contribution in [2.24, 2.45) is 5.73 Å². The molecule has 0 bridgehead atoms. The molecule has 23 heavy (non-hydrogen) atoms. The number of piperidine rings is 1. The minimum Gasteiger partial charge on any atom is -0.492 e. The Morgan fingerprint density at radius 3 is 2.78 bits per heavy atom. The highest BCUT2D eigenvalue weighted by atomic mass is 16.5. The number of morpholine rings is 1. The Kier molecular flexibility index (Phi) is 6.28. The van der Waals surface area contributed by atoms with Crippen molar-refractivity contribution in [1.82, 2.24) is 9.80 Å². The predicted octanol–water partition coefficient (Wildman–Crippen LogP) is 1.32. The molecule has 5 nitrogen and oxygen atoms in total. The van der Waals surface area contributed by atoms with Crippen molar-refractivity contribution < 1.29 is 9.47 Å². The van der Waals surface area contributed by atoms with Crippen LogP contribution in [0.15, 0.2) is 24.3 Å². The molecule has 2 saturated heterocycles. The van der Waals surface area contributed by atoms with Crippen molar-refractivity contribution in [2.45, 2.75) is 25.4 Å². The lowest BCUT2D eigenvalue weighted by Crippen LogP contribution is -2.42. The van der Waals surface area contributed by atoms with Gasteiger partial charge in [-0.1, -0.05) is 18.2 Å². The zero-order chi connectivity index (χ0) is 15.9. The van der Waals surface area contributed by atoms with E-state index in [0.29, 0.717) is 6.04 Å². The first-order valence-electron chi connectivity index (χ1n) is 8.80. The van der Waals surface area contributed by atoms with Gasteiger partial charge in [0.25, 0.3) is 0 Å². The summed E-state index contributed by atoms with van der Waals surface area (Å²) in [5.41, 5.74) is 7.36. The summed E-state index contributed by atoms with van der Waals surface area (Å²) in [6.07, 6.45) is 2.34. The highest BCUT2D eigenvalue weighted by molar-refractivity contribution is 5.33. The van der Waals surface area contributed by atoms with Crippen LogP contribution >= 0.6 is 0 Å². The van der Waals surface area contributed by atoms with Crippen LogP contribution in [0.1, 0.15) is 18.4 Å². The fourth-order valence-corrected chi connectivity index (χ4v) is 3.36. The van der Waals surface area contributed by atoms with Gasteiger partial charge in [-0.2, -0.15) is 0 Å². The van der Waals surface area contributed by atoms with Crippen molar-refractivity contribution in [3.05, 3.63) is 29.8 Å². The van der Waals surface area contributed by atoms with E-state index in [1.807, 2.05) is 0 Å². The highest BCUT2D eigenvalue weighted by Crippen LogP contribution is 2.21. The van der Waals surface area contributed by atoms with Gasteiger partial charge in [0, 0.05) is 44.3 Å². The molecule has 3 rings (SSSR count). The molecule has 0 aromatic heterocycles. The summed E-state index contributed by atoms with van der Waals surface area (Å²) < 4.78 is 11.4. The first kappa shape index (κ1) is 16.7. The SMILES string of the molecule is N[C@H]1CCCN(Cc2ccccc2OCCN2CCOCC2)C1. The molecule has 2 aliphatic rings. The number of ether oxygens (including phenoxy) is 2. The third-order valence-electron chi connectivity index (χ3n) is 4.68. The molecule has 0 spiro atoms. The van der Waals surface area contributed by atoms with Gasteiger partial charge in [-0.3, -0.25) is 9.80 Å². The summed E-state index contributed by atoms with van der Waals surface area (Å²) in [7, 11) is 0. The maximum absolute atomic E-state index is 6.09. The summed E-state index contributed by atoms with van der Waals surface area (Å²) in [5.74, 6) is 1.01. The third kappa shape index (κ3) is 5.18. The molecule has 0 saturated carbocycles. The number of nitrogens with zero attached hydrogens (tertiary/aromatic N) is 2. The van der Waals surface area contributed by atoms with Gasteiger partial charge in [0.15, 0.2) is 0 Å². The number of para-hydroxylation sites is 1. The van der Waals surface area contributed by atoms with Gasteiger partial charge >= 0.3 is 0 Å². The first-order chi connectivity index (χ1) is 11.3. The lowest BCUT2D eigenvalue weighted by Gasteiger charge is -2.31. The predicted molar refractivity (Wildman–Crippen MR) is 91.7 cm³/mol. The average Bonchev–Trinajstić information content (AvgIpc) is 2.57. The van der Waals surface area contributed by atoms with E-state index in [1.54, 1.807) is 0 Å². The summed E-state index contributed by atoms with van der Waals surface area (Å²) in [4.78, 5) is 4.84. The largest absolute Gasteiger partial charge is 0.492 e. The summed E-state index contributed by atoms with van der Waals surface area (Å²) in [6, 6.07) is 8.71. The molecule has 2 heterocycles. The Morgan fingerprint density at radius 1 is 1.13 bits per heavy atom. The number of rotatable bonds is 6. The monoisotopic (exact) mass is 319 g/mol. The van der Waals surface area contributed by atoms with Gasteiger partial charge in [-0.25, -0.2) is 0 Å². The van der Waals surface area contributed by atoms with Crippen LogP contribution in [-0.2, 0) is 11.3 Å². The Labute approximate surface area is 139 Å². The molecule has 1 atom stereocenters. The summed E-state index contributed by atoms with van der Waals surface area (Å²) in [6.45, 7) is 8.45. The van der Waals surface area contributed by atoms with E-state index in [0.717, 1.165) is 71.3 Å². The van der Waals surface area contributed by atoms with E-state index < -0.39 is 0 Å². The smallest absolute Gasteiger partial charge is 0.123 e. The second-order valence-electron chi connectivity index (χ2n) is 6.55. The maximum Gasteiger partial charge on any atom is 0.123 e. The fourth-order valence-electron chi connectivity index (χ4n) is 3.36. The second-order valence-corrected chi connectivity index (χ2v) is 6.55. The van der Waals surface area contributed by atoms with Crippen LogP contribution in [0, 0.1) is 0 Å². The van der Waals surface area contributed by atoms with Crippen molar-refractivity contribution in [3.8, 4) is 5.75 Å². The van der Waals surface area contributed by atoms with Crippen LogP contribution in [0.2, 0.25) is 0 Å². The fraction of sp³-hybridized carbons (Fsp3) is 0.667. The Bertz CT molecular complexity index is 477. The zero-order valence-corrected chi connectivity index (χ0v) is 14.0. The number of hydrogen-bond donors (Lipinski definition) is 1. The van der Waals surface area contributed by atoms with Crippen molar-refractivity contribution in [3.63, 3.8) is 0 Å². The van der Waals surface area contributed by atoms with Gasteiger partial charge < -0.3 is 15.2 Å². The quantitative estimate of drug-likeness (QED) is 0.857. The van der Waals surface area contributed by atoms with Gasteiger partial charge in [0.05, 0.1) is 13.2 Å². The standard InChI is InChI=1S/C18H29N3O2/c19-17-5-3-7-21(15-17)14-16-4-1-2-6-18(16)23-13-10-20-8-11-22-12-9-20/h1-2,4,6,17H,3,5,7-15,19H2/t17-/m0/s1. The molecule has 0 radical (unpaired) electrons. The molecule has 0 unspecified atom stereocenters. The molecule has 2 N–H and O–H groups in total. The maximum atomic E-state index is 6.09. The number of likely N-dealkylation sites (tertiary alicyclic amines) is 1. The van der Waals surface area contributed by atoms with Crippen molar-refractivity contribution in [1.29, 1.82) is 0 Å². The number of hydrogen-bond acceptors (Lipinski definition) is 5. The van der Waals surface area contributed by atoms with E-state index in [1.165, 1.54) is 12.0 Å². The first-order valence-corrected chi connectivity index (χ1v) is 8.80.